The minimum Gasteiger partial charge on any atom is -0.351 e. The van der Waals surface area contributed by atoms with Crippen LogP contribution in [0.3, 0.4) is 0 Å². The fourth-order valence-electron chi connectivity index (χ4n) is 2.75. The molecule has 110 valence electrons. The number of rotatable bonds is 5. The lowest BCUT2D eigenvalue weighted by Gasteiger charge is -2.28. The standard InChI is InChI=1S/C17H26N2O/c1-13-11-18-12-15(13)16(20)19-17(2,3)10-9-14-7-5-4-6-8-14/h4-8,13,15,18H,9-12H2,1-3H3,(H,19,20)/t13-,15-/m1/s1. The highest BCUT2D eigenvalue weighted by Crippen LogP contribution is 2.19. The van der Waals surface area contributed by atoms with E-state index in [9.17, 15) is 4.79 Å². The molecule has 0 spiro atoms. The van der Waals surface area contributed by atoms with Crippen LogP contribution in [0.2, 0.25) is 0 Å². The fourth-order valence-corrected chi connectivity index (χ4v) is 2.75. The van der Waals surface area contributed by atoms with Crippen molar-refractivity contribution in [2.24, 2.45) is 11.8 Å². The molecule has 2 atom stereocenters. The zero-order valence-corrected chi connectivity index (χ0v) is 12.8. The molecule has 1 aromatic carbocycles. The molecule has 1 aliphatic rings. The molecule has 20 heavy (non-hydrogen) atoms. The minimum absolute atomic E-state index is 0.117. The van der Waals surface area contributed by atoms with E-state index in [4.69, 9.17) is 0 Å². The van der Waals surface area contributed by atoms with Gasteiger partial charge in [0.15, 0.2) is 0 Å². The van der Waals surface area contributed by atoms with Crippen molar-refractivity contribution >= 4 is 5.91 Å². The summed E-state index contributed by atoms with van der Waals surface area (Å²) in [5, 5.41) is 6.51. The number of hydrogen-bond acceptors (Lipinski definition) is 2. The van der Waals surface area contributed by atoms with Crippen molar-refractivity contribution in [3.8, 4) is 0 Å². The summed E-state index contributed by atoms with van der Waals surface area (Å²) in [5.41, 5.74) is 1.17. The first-order valence-electron chi connectivity index (χ1n) is 7.54. The van der Waals surface area contributed by atoms with Crippen molar-refractivity contribution in [1.82, 2.24) is 10.6 Å². The van der Waals surface area contributed by atoms with Gasteiger partial charge in [-0.05, 0) is 44.7 Å². The van der Waals surface area contributed by atoms with Crippen molar-refractivity contribution in [2.75, 3.05) is 13.1 Å². The Bertz CT molecular complexity index is 442. The molecular weight excluding hydrogens is 248 g/mol. The molecule has 0 saturated carbocycles. The molecule has 0 bridgehead atoms. The summed E-state index contributed by atoms with van der Waals surface area (Å²) in [7, 11) is 0. The van der Waals surface area contributed by atoms with E-state index in [1.165, 1.54) is 5.56 Å². The molecule has 1 aromatic rings. The van der Waals surface area contributed by atoms with Crippen LogP contribution < -0.4 is 10.6 Å². The third kappa shape index (κ3) is 4.07. The third-order valence-electron chi connectivity index (χ3n) is 4.20. The molecule has 3 heteroatoms. The van der Waals surface area contributed by atoms with Gasteiger partial charge in [0.2, 0.25) is 5.91 Å². The molecule has 2 N–H and O–H groups in total. The van der Waals surface area contributed by atoms with Gasteiger partial charge in [0.1, 0.15) is 0 Å². The molecule has 1 heterocycles. The number of nitrogens with one attached hydrogen (secondary N) is 2. The molecular formula is C17H26N2O. The number of benzene rings is 1. The SMILES string of the molecule is C[C@@H]1CNC[C@H]1C(=O)NC(C)(C)CCc1ccccc1. The van der Waals surface area contributed by atoms with Gasteiger partial charge >= 0.3 is 0 Å². The van der Waals surface area contributed by atoms with Gasteiger partial charge in [-0.1, -0.05) is 37.3 Å². The van der Waals surface area contributed by atoms with Crippen LogP contribution in [-0.4, -0.2) is 24.5 Å². The Labute approximate surface area is 122 Å². The average Bonchev–Trinajstić information content (AvgIpc) is 2.84. The van der Waals surface area contributed by atoms with E-state index in [0.29, 0.717) is 5.92 Å². The Balaban J connectivity index is 1.85. The Morgan fingerprint density at radius 3 is 2.60 bits per heavy atom. The summed E-state index contributed by atoms with van der Waals surface area (Å²) < 4.78 is 0. The number of carbonyl (C=O) groups is 1. The number of hydrogen-bond donors (Lipinski definition) is 2. The summed E-state index contributed by atoms with van der Waals surface area (Å²) in [5.74, 6) is 0.742. The molecule has 1 saturated heterocycles. The van der Waals surface area contributed by atoms with Crippen LogP contribution in [0.5, 0.6) is 0 Å². The molecule has 1 amide bonds. The Hall–Kier alpha value is -1.35. The normalized spacial score (nSPS) is 22.8. The molecule has 2 rings (SSSR count). The van der Waals surface area contributed by atoms with Gasteiger partial charge in [0.05, 0.1) is 5.92 Å². The second kappa shape index (κ2) is 6.40. The number of aryl methyl sites for hydroxylation is 1. The number of carbonyl (C=O) groups excluding carboxylic acids is 1. The van der Waals surface area contributed by atoms with Crippen LogP contribution in [0.15, 0.2) is 30.3 Å². The van der Waals surface area contributed by atoms with Gasteiger partial charge in [0, 0.05) is 12.1 Å². The van der Waals surface area contributed by atoms with E-state index in [2.05, 4.69) is 55.7 Å². The Morgan fingerprint density at radius 1 is 1.30 bits per heavy atom. The lowest BCUT2D eigenvalue weighted by Crippen LogP contribution is -2.47. The highest BCUT2D eigenvalue weighted by molar-refractivity contribution is 5.80. The van der Waals surface area contributed by atoms with Crippen LogP contribution in [0.25, 0.3) is 0 Å². The van der Waals surface area contributed by atoms with E-state index >= 15 is 0 Å². The quantitative estimate of drug-likeness (QED) is 0.865. The molecule has 0 unspecified atom stereocenters. The van der Waals surface area contributed by atoms with Gasteiger partial charge < -0.3 is 10.6 Å². The second-order valence-electron chi connectivity index (χ2n) is 6.60. The molecule has 1 aliphatic heterocycles. The summed E-state index contributed by atoms with van der Waals surface area (Å²) in [6.07, 6.45) is 1.95. The van der Waals surface area contributed by atoms with Crippen LogP contribution in [-0.2, 0) is 11.2 Å². The van der Waals surface area contributed by atoms with Gasteiger partial charge in [-0.2, -0.15) is 0 Å². The third-order valence-corrected chi connectivity index (χ3v) is 4.20. The predicted octanol–water partition coefficient (Wildman–Crippen LogP) is 2.37. The number of amides is 1. The lowest BCUT2D eigenvalue weighted by atomic mass is 9.92. The van der Waals surface area contributed by atoms with Crippen LogP contribution in [0.1, 0.15) is 32.8 Å². The molecule has 0 aliphatic carbocycles. The zero-order chi connectivity index (χ0) is 14.6. The molecule has 1 fully saturated rings. The monoisotopic (exact) mass is 274 g/mol. The van der Waals surface area contributed by atoms with Crippen molar-refractivity contribution < 1.29 is 4.79 Å². The molecule has 3 nitrogen and oxygen atoms in total. The smallest absolute Gasteiger partial charge is 0.225 e. The van der Waals surface area contributed by atoms with E-state index in [-0.39, 0.29) is 17.4 Å². The van der Waals surface area contributed by atoms with Crippen LogP contribution >= 0.6 is 0 Å². The van der Waals surface area contributed by atoms with Crippen LogP contribution in [0, 0.1) is 11.8 Å². The zero-order valence-electron chi connectivity index (χ0n) is 12.8. The van der Waals surface area contributed by atoms with Gasteiger partial charge in [-0.3, -0.25) is 4.79 Å². The Kier molecular flexibility index (Phi) is 4.81. The maximum atomic E-state index is 12.3. The largest absolute Gasteiger partial charge is 0.351 e. The Morgan fingerprint density at radius 2 is 2.00 bits per heavy atom. The van der Waals surface area contributed by atoms with Gasteiger partial charge in [-0.25, -0.2) is 0 Å². The molecule has 0 radical (unpaired) electrons. The lowest BCUT2D eigenvalue weighted by molar-refractivity contribution is -0.127. The van der Waals surface area contributed by atoms with E-state index < -0.39 is 0 Å². The van der Waals surface area contributed by atoms with E-state index in [0.717, 1.165) is 25.9 Å². The van der Waals surface area contributed by atoms with Crippen molar-refractivity contribution in [3.05, 3.63) is 35.9 Å². The van der Waals surface area contributed by atoms with Gasteiger partial charge in [0.25, 0.3) is 0 Å². The van der Waals surface area contributed by atoms with E-state index in [1.54, 1.807) is 0 Å². The first-order chi connectivity index (χ1) is 9.48. The van der Waals surface area contributed by atoms with Crippen molar-refractivity contribution in [2.45, 2.75) is 39.2 Å². The summed E-state index contributed by atoms with van der Waals surface area (Å²) in [6.45, 7) is 8.12. The predicted molar refractivity (Wildman–Crippen MR) is 82.5 cm³/mol. The minimum atomic E-state index is -0.158. The van der Waals surface area contributed by atoms with Crippen molar-refractivity contribution in [3.63, 3.8) is 0 Å². The maximum Gasteiger partial charge on any atom is 0.225 e. The first-order valence-corrected chi connectivity index (χ1v) is 7.54. The second-order valence-corrected chi connectivity index (χ2v) is 6.60. The summed E-state index contributed by atoms with van der Waals surface area (Å²) in [6, 6.07) is 10.4. The summed E-state index contributed by atoms with van der Waals surface area (Å²) in [4.78, 5) is 12.3. The average molecular weight is 274 g/mol. The van der Waals surface area contributed by atoms with Crippen LogP contribution in [0.4, 0.5) is 0 Å². The van der Waals surface area contributed by atoms with E-state index in [1.807, 2.05) is 6.07 Å². The first kappa shape index (κ1) is 15.0. The topological polar surface area (TPSA) is 41.1 Å². The highest BCUT2D eigenvalue weighted by atomic mass is 16.2. The van der Waals surface area contributed by atoms with Crippen molar-refractivity contribution in [1.29, 1.82) is 0 Å². The molecule has 0 aromatic heterocycles. The van der Waals surface area contributed by atoms with Gasteiger partial charge in [-0.15, -0.1) is 0 Å². The maximum absolute atomic E-state index is 12.3. The highest BCUT2D eigenvalue weighted by Gasteiger charge is 2.32. The fraction of sp³-hybridized carbons (Fsp3) is 0.588. The summed E-state index contributed by atoms with van der Waals surface area (Å²) >= 11 is 0.